The number of hydrogen-bond acceptors (Lipinski definition) is 2. The number of nitrogens with zero attached hydrogens (tertiary/aromatic N) is 4. The van der Waals surface area contributed by atoms with E-state index in [9.17, 15) is 8.22 Å². The van der Waals surface area contributed by atoms with Crippen molar-refractivity contribution in [3.05, 3.63) is 403 Å². The van der Waals surface area contributed by atoms with E-state index in [1.807, 2.05) is 6.07 Å². The van der Waals surface area contributed by atoms with E-state index in [4.69, 9.17) is 2.74 Å². The van der Waals surface area contributed by atoms with Gasteiger partial charge in [0.15, 0.2) is 0 Å². The van der Waals surface area contributed by atoms with Gasteiger partial charge in [0.1, 0.15) is 0 Å². The first-order valence-electron chi connectivity index (χ1n) is 43.8. The van der Waals surface area contributed by atoms with Gasteiger partial charge >= 0.3 is 0 Å². The van der Waals surface area contributed by atoms with Gasteiger partial charge in [-0.1, -0.05) is 335 Å². The number of benzene rings is 16. The van der Waals surface area contributed by atoms with Crippen LogP contribution in [0, 0.1) is 0 Å². The second-order valence-electron chi connectivity index (χ2n) is 34.2. The van der Waals surface area contributed by atoms with Crippen LogP contribution in [0.1, 0.15) is 112 Å². The van der Waals surface area contributed by atoms with Crippen LogP contribution in [0.2, 0.25) is 0 Å². The molecule has 3 aliphatic rings. The van der Waals surface area contributed by atoms with Gasteiger partial charge in [-0.25, -0.2) is 0 Å². The number of para-hydroxylation sites is 3. The SMILES string of the molecule is [2H]c1c([2H])c([2H])c2c(c1[2H])c1c([2H])c([2H])c([2H])c([2H])c1n2-c1ccc2c(c1)N(c1c(-c3ccccc3)cc(C(C)(C)C)cc1-c1ccccc1)c1cc(C(C)(C)C)cc3c1B2c1ccc(-n2c4ccccc4c4cc5c(cc42)C(c2ccccc2)(c2ccccc2)c2ccccc2-5)cc1N3c1c(-c2ccccc2)cc(C(C)(C)C)cc1-c1ccccc1. The van der Waals surface area contributed by atoms with Crippen LogP contribution in [0.15, 0.2) is 364 Å². The highest BCUT2D eigenvalue weighted by Gasteiger charge is 2.49. The molecule has 0 N–H and O–H groups in total. The fourth-order valence-electron chi connectivity index (χ4n) is 19.0. The van der Waals surface area contributed by atoms with Gasteiger partial charge in [-0.05, 0) is 196 Å². The zero-order valence-electron chi connectivity index (χ0n) is 73.4. The second-order valence-corrected chi connectivity index (χ2v) is 34.2. The van der Waals surface area contributed by atoms with E-state index in [1.54, 1.807) is 4.57 Å². The summed E-state index contributed by atoms with van der Waals surface area (Å²) < 4.78 is 80.6. The Morgan fingerprint density at radius 2 is 0.658 bits per heavy atom. The summed E-state index contributed by atoms with van der Waals surface area (Å²) in [6.45, 7) is 20.1. The van der Waals surface area contributed by atoms with Crippen LogP contribution in [-0.4, -0.2) is 15.8 Å². The van der Waals surface area contributed by atoms with Crippen molar-refractivity contribution in [2.45, 2.75) is 84.0 Å². The molecule has 0 bridgehead atoms. The topological polar surface area (TPSA) is 16.3 Å². The zero-order chi connectivity index (χ0) is 84.1. The number of hydrogen-bond donors (Lipinski definition) is 0. The smallest absolute Gasteiger partial charge is 0.252 e. The third-order valence-corrected chi connectivity index (χ3v) is 24.4. The van der Waals surface area contributed by atoms with Gasteiger partial charge in [0.2, 0.25) is 0 Å². The van der Waals surface area contributed by atoms with Crippen molar-refractivity contribution < 1.29 is 11.0 Å². The molecule has 0 atom stereocenters. The molecule has 4 heterocycles. The Morgan fingerprint density at radius 1 is 0.281 bits per heavy atom. The molecule has 1 aliphatic carbocycles. The molecule has 546 valence electrons. The van der Waals surface area contributed by atoms with E-state index in [2.05, 4.69) is 386 Å². The molecule has 0 spiro atoms. The van der Waals surface area contributed by atoms with Crippen LogP contribution >= 0.6 is 0 Å². The van der Waals surface area contributed by atoms with Gasteiger partial charge in [-0.15, -0.1) is 0 Å². The van der Waals surface area contributed by atoms with E-state index < -0.39 is 53.8 Å². The summed E-state index contributed by atoms with van der Waals surface area (Å²) in [7, 11) is 0. The Hall–Kier alpha value is -13.2. The molecule has 0 fully saturated rings. The first-order chi connectivity index (χ1) is 58.8. The zero-order valence-corrected chi connectivity index (χ0v) is 65.4. The van der Waals surface area contributed by atoms with E-state index in [-0.39, 0.29) is 44.7 Å². The minimum Gasteiger partial charge on any atom is -0.310 e. The molecule has 2 aromatic heterocycles. The highest BCUT2D eigenvalue weighted by Crippen LogP contribution is 2.60. The van der Waals surface area contributed by atoms with E-state index in [1.165, 1.54) is 38.9 Å². The van der Waals surface area contributed by atoms with Crippen LogP contribution in [-0.2, 0) is 21.7 Å². The van der Waals surface area contributed by atoms with Crippen molar-refractivity contribution in [1.82, 2.24) is 9.13 Å². The molecular formula is C109H87BN4. The average molecular weight is 1470 g/mol. The highest BCUT2D eigenvalue weighted by molar-refractivity contribution is 7.00. The van der Waals surface area contributed by atoms with Crippen LogP contribution in [0.4, 0.5) is 34.1 Å². The lowest BCUT2D eigenvalue weighted by Gasteiger charge is -2.47. The maximum absolute atomic E-state index is 9.96. The Kier molecular flexibility index (Phi) is 13.8. The fraction of sp³-hybridized carbons (Fsp3) is 0.119. The summed E-state index contributed by atoms with van der Waals surface area (Å²) in [5.41, 5.74) is 29.0. The largest absolute Gasteiger partial charge is 0.310 e. The van der Waals surface area contributed by atoms with Crippen LogP contribution in [0.3, 0.4) is 0 Å². The van der Waals surface area contributed by atoms with E-state index in [0.717, 1.165) is 134 Å². The molecule has 2 aliphatic heterocycles. The Labute approximate surface area is 680 Å². The van der Waals surface area contributed by atoms with Gasteiger partial charge in [0.05, 0.1) is 49.8 Å². The third-order valence-electron chi connectivity index (χ3n) is 24.4. The number of aromatic nitrogens is 2. The lowest BCUT2D eigenvalue weighted by molar-refractivity contribution is 0.590. The number of fused-ring (bicyclic) bond motifs is 13. The molecule has 114 heavy (non-hydrogen) atoms. The molecule has 18 aromatic rings. The summed E-state index contributed by atoms with van der Waals surface area (Å²) >= 11 is 0. The van der Waals surface area contributed by atoms with Gasteiger partial charge in [-0.2, -0.15) is 0 Å². The van der Waals surface area contributed by atoms with E-state index >= 15 is 0 Å². The molecule has 0 radical (unpaired) electrons. The lowest BCUT2D eigenvalue weighted by atomic mass is 9.33. The molecule has 21 rings (SSSR count). The van der Waals surface area contributed by atoms with Crippen LogP contribution in [0.25, 0.3) is 111 Å². The average Bonchev–Trinajstić information content (AvgIpc) is 1.58. The number of rotatable bonds is 10. The Bertz CT molecular complexity index is 7170. The summed E-state index contributed by atoms with van der Waals surface area (Å²) in [5, 5.41) is 2.28. The summed E-state index contributed by atoms with van der Waals surface area (Å²) in [4.78, 5) is 5.11. The maximum Gasteiger partial charge on any atom is 0.252 e. The molecule has 0 unspecified atom stereocenters. The maximum atomic E-state index is 9.96. The first kappa shape index (κ1) is 60.5. The summed E-state index contributed by atoms with van der Waals surface area (Å²) in [6, 6.07) is 113. The van der Waals surface area contributed by atoms with Crippen molar-refractivity contribution in [1.29, 1.82) is 0 Å². The minimum absolute atomic E-state index is 0.00898. The fourth-order valence-corrected chi connectivity index (χ4v) is 19.0. The standard InChI is InChI=1S/C109H87BN4/c1-106(2,3)76-60-85(70-36-16-10-17-37-70)104(86(61-76)71-38-18-11-19-39-71)113-99-66-79(111-95-53-33-29-49-82(95)83-50-30-34-54-96(83)111)56-58-93(99)110-94-59-57-80(112-97-55-35-31-51-84(97)90-68-89-81-48-28-32-52-91(81)109(92(89)69-98(90)112,74-44-24-14-25-45-74)75-46-26-15-27-47-75)67-100(94)114(102-65-78(108(7,8)9)64-101(113)103(102)110)105-87(72-40-20-12-21-41-72)62-77(107(4,5)6)63-88(105)73-42-22-13-23-43-73/h10-69H,1-9H3/i29D,30D,33D,34D,49D,50D,53D,54D. The summed E-state index contributed by atoms with van der Waals surface area (Å²) in [5.74, 6) is 0. The monoisotopic (exact) mass is 1470 g/mol. The van der Waals surface area contributed by atoms with Gasteiger partial charge in [-0.3, -0.25) is 0 Å². The number of anilines is 6. The van der Waals surface area contributed by atoms with Crippen molar-refractivity contribution >= 4 is 101 Å². The second kappa shape index (κ2) is 25.9. The molecular weight excluding hydrogens is 1380 g/mol. The van der Waals surface area contributed by atoms with Crippen molar-refractivity contribution in [2.24, 2.45) is 0 Å². The predicted octanol–water partition coefficient (Wildman–Crippen LogP) is 26.9. The Morgan fingerprint density at radius 3 is 1.10 bits per heavy atom. The molecule has 0 saturated heterocycles. The normalized spacial score (nSPS) is 14.5. The lowest BCUT2D eigenvalue weighted by Crippen LogP contribution is -2.61. The van der Waals surface area contributed by atoms with Crippen molar-refractivity contribution in [3.8, 4) is 67.0 Å². The van der Waals surface area contributed by atoms with Gasteiger partial charge in [0, 0.05) is 77.9 Å². The molecule has 5 heteroatoms. The predicted molar refractivity (Wildman–Crippen MR) is 484 cm³/mol. The molecule has 0 saturated carbocycles. The van der Waals surface area contributed by atoms with Crippen LogP contribution < -0.4 is 26.2 Å². The van der Waals surface area contributed by atoms with E-state index in [0.29, 0.717) is 5.69 Å². The van der Waals surface area contributed by atoms with Gasteiger partial charge < -0.3 is 18.9 Å². The van der Waals surface area contributed by atoms with Crippen molar-refractivity contribution in [3.63, 3.8) is 0 Å². The van der Waals surface area contributed by atoms with Gasteiger partial charge in [0.25, 0.3) is 6.71 Å². The third kappa shape index (κ3) is 10.6. The first-order valence-corrected chi connectivity index (χ1v) is 39.8. The highest BCUT2D eigenvalue weighted by atomic mass is 15.2. The van der Waals surface area contributed by atoms with Crippen LogP contribution in [0.5, 0.6) is 0 Å². The summed E-state index contributed by atoms with van der Waals surface area (Å²) in [6.07, 6.45) is 0. The molecule has 4 nitrogen and oxygen atoms in total. The minimum atomic E-state index is -0.695. The molecule has 0 amide bonds. The quantitative estimate of drug-likeness (QED) is 0.127. The molecule has 16 aromatic carbocycles. The Balaban J connectivity index is 0.947. The van der Waals surface area contributed by atoms with Crippen molar-refractivity contribution in [2.75, 3.05) is 9.80 Å².